The van der Waals surface area contributed by atoms with Gasteiger partial charge in [-0.1, -0.05) is 30.3 Å². The molecule has 0 aliphatic carbocycles. The lowest BCUT2D eigenvalue weighted by Crippen LogP contribution is -2.44. The molecule has 0 saturated heterocycles. The van der Waals surface area contributed by atoms with Crippen LogP contribution >= 0.6 is 0 Å². The summed E-state index contributed by atoms with van der Waals surface area (Å²) in [5.41, 5.74) is 1.94. The molecule has 0 saturated carbocycles. The Morgan fingerprint density at radius 2 is 1.89 bits per heavy atom. The van der Waals surface area contributed by atoms with Crippen molar-refractivity contribution in [2.45, 2.75) is 39.0 Å². The number of hydrogen-bond donors (Lipinski definition) is 2. The number of amides is 1. The predicted octanol–water partition coefficient (Wildman–Crippen LogP) is 3.07. The summed E-state index contributed by atoms with van der Waals surface area (Å²) in [6, 6.07) is 14.9. The van der Waals surface area contributed by atoms with Gasteiger partial charge in [0.2, 0.25) is 6.10 Å². The Morgan fingerprint density at radius 1 is 1.19 bits per heavy atom. The second-order valence-corrected chi connectivity index (χ2v) is 7.70. The molecule has 0 bridgehead atoms. The number of nitrogens with one attached hydrogen (secondary N) is 1. The van der Waals surface area contributed by atoms with Crippen LogP contribution in [0.3, 0.4) is 0 Å². The van der Waals surface area contributed by atoms with Crippen molar-refractivity contribution >= 4 is 17.6 Å². The number of fused-ring (bicyclic) bond motifs is 1. The third-order valence-electron chi connectivity index (χ3n) is 4.20. The first-order chi connectivity index (χ1) is 12.7. The Hall–Kier alpha value is -3.02. The molecular formula is C21H24N2O4. The van der Waals surface area contributed by atoms with Crippen molar-refractivity contribution in [3.05, 3.63) is 59.7 Å². The average Bonchev–Trinajstić information content (AvgIpc) is 2.60. The van der Waals surface area contributed by atoms with E-state index in [0.29, 0.717) is 17.9 Å². The van der Waals surface area contributed by atoms with Gasteiger partial charge in [-0.3, -0.25) is 4.79 Å². The number of nitrogens with zero attached hydrogens (tertiary/aromatic N) is 1. The van der Waals surface area contributed by atoms with Gasteiger partial charge in [0.1, 0.15) is 5.75 Å². The molecule has 1 unspecified atom stereocenters. The maximum Gasteiger partial charge on any atom is 0.346 e. The summed E-state index contributed by atoms with van der Waals surface area (Å²) < 4.78 is 5.62. The molecule has 27 heavy (non-hydrogen) atoms. The van der Waals surface area contributed by atoms with E-state index in [4.69, 9.17) is 4.74 Å². The molecule has 3 rings (SSSR count). The maximum absolute atomic E-state index is 12.5. The van der Waals surface area contributed by atoms with E-state index >= 15 is 0 Å². The number of carboxylic acid groups (broad SMARTS) is 1. The van der Waals surface area contributed by atoms with E-state index in [2.05, 4.69) is 5.32 Å². The van der Waals surface area contributed by atoms with Crippen LogP contribution in [0.15, 0.2) is 48.5 Å². The molecule has 0 aromatic heterocycles. The van der Waals surface area contributed by atoms with Crippen molar-refractivity contribution in [1.29, 1.82) is 0 Å². The molecule has 6 nitrogen and oxygen atoms in total. The van der Waals surface area contributed by atoms with Gasteiger partial charge in [-0.05, 0) is 44.5 Å². The van der Waals surface area contributed by atoms with Gasteiger partial charge >= 0.3 is 5.97 Å². The largest absolute Gasteiger partial charge is 0.478 e. The first-order valence-corrected chi connectivity index (χ1v) is 8.88. The van der Waals surface area contributed by atoms with Crippen LogP contribution in [0.2, 0.25) is 0 Å². The van der Waals surface area contributed by atoms with Crippen LogP contribution in [0.25, 0.3) is 0 Å². The van der Waals surface area contributed by atoms with E-state index in [9.17, 15) is 14.7 Å². The van der Waals surface area contributed by atoms with Crippen LogP contribution in [0.4, 0.5) is 5.69 Å². The number of rotatable bonds is 4. The number of aliphatic carboxylic acids is 1. The first-order valence-electron chi connectivity index (χ1n) is 8.88. The fourth-order valence-electron chi connectivity index (χ4n) is 2.99. The number of carbonyl (C=O) groups excluding carboxylic acids is 1. The van der Waals surface area contributed by atoms with Crippen LogP contribution in [0.1, 0.15) is 36.7 Å². The lowest BCUT2D eigenvalue weighted by molar-refractivity contribution is -0.144. The van der Waals surface area contributed by atoms with E-state index < -0.39 is 12.1 Å². The summed E-state index contributed by atoms with van der Waals surface area (Å²) in [7, 11) is 0. The van der Waals surface area contributed by atoms with Crippen molar-refractivity contribution < 1.29 is 19.4 Å². The highest BCUT2D eigenvalue weighted by molar-refractivity contribution is 5.96. The number of ether oxygens (including phenoxy) is 1. The Morgan fingerprint density at radius 3 is 2.52 bits per heavy atom. The summed E-state index contributed by atoms with van der Waals surface area (Å²) in [5, 5.41) is 12.3. The Labute approximate surface area is 158 Å². The molecule has 0 fully saturated rings. The van der Waals surface area contributed by atoms with Crippen molar-refractivity contribution in [3.8, 4) is 5.75 Å². The molecule has 1 aliphatic heterocycles. The monoisotopic (exact) mass is 368 g/mol. The molecule has 6 heteroatoms. The standard InChI is InChI=1S/C21H24N2O4/c1-21(2,3)22-19(24)15-9-10-17-16(11-15)23(13-18(27-17)20(25)26)12-14-7-5-4-6-8-14/h4-11,18H,12-13H2,1-3H3,(H,22,24)(H,25,26). The Kier molecular flexibility index (Phi) is 5.08. The molecule has 1 atom stereocenters. The summed E-state index contributed by atoms with van der Waals surface area (Å²) in [6.07, 6.45) is -0.949. The highest BCUT2D eigenvalue weighted by Crippen LogP contribution is 2.35. The van der Waals surface area contributed by atoms with Crippen molar-refractivity contribution in [3.63, 3.8) is 0 Å². The Bertz CT molecular complexity index is 843. The zero-order valence-electron chi connectivity index (χ0n) is 15.7. The maximum atomic E-state index is 12.5. The predicted molar refractivity (Wildman–Crippen MR) is 103 cm³/mol. The quantitative estimate of drug-likeness (QED) is 0.867. The van der Waals surface area contributed by atoms with Gasteiger partial charge in [-0.2, -0.15) is 0 Å². The van der Waals surface area contributed by atoms with Gasteiger partial charge in [0, 0.05) is 17.6 Å². The van der Waals surface area contributed by atoms with Gasteiger partial charge < -0.3 is 20.1 Å². The van der Waals surface area contributed by atoms with Crippen LogP contribution in [-0.2, 0) is 11.3 Å². The second kappa shape index (κ2) is 7.31. The van der Waals surface area contributed by atoms with Crippen molar-refractivity contribution in [2.24, 2.45) is 0 Å². The van der Waals surface area contributed by atoms with Gasteiger partial charge in [0.25, 0.3) is 5.91 Å². The number of carbonyl (C=O) groups is 2. The molecule has 1 aliphatic rings. The zero-order chi connectivity index (χ0) is 19.6. The van der Waals surface area contributed by atoms with E-state index in [-0.39, 0.29) is 18.0 Å². The van der Waals surface area contributed by atoms with Crippen LogP contribution in [0, 0.1) is 0 Å². The number of hydrogen-bond acceptors (Lipinski definition) is 4. The zero-order valence-corrected chi connectivity index (χ0v) is 15.7. The summed E-state index contributed by atoms with van der Waals surface area (Å²) in [5.74, 6) is -0.713. The number of benzene rings is 2. The lowest BCUT2D eigenvalue weighted by atomic mass is 10.1. The smallest absolute Gasteiger partial charge is 0.346 e. The normalized spacial score (nSPS) is 16.3. The Balaban J connectivity index is 1.93. The van der Waals surface area contributed by atoms with Crippen molar-refractivity contribution in [1.82, 2.24) is 5.32 Å². The van der Waals surface area contributed by atoms with E-state index in [1.165, 1.54) is 0 Å². The minimum absolute atomic E-state index is 0.176. The fourth-order valence-corrected chi connectivity index (χ4v) is 2.99. The number of anilines is 1. The molecular weight excluding hydrogens is 344 g/mol. The van der Waals surface area contributed by atoms with E-state index in [1.54, 1.807) is 18.2 Å². The van der Waals surface area contributed by atoms with Gasteiger partial charge in [0.05, 0.1) is 12.2 Å². The molecule has 0 radical (unpaired) electrons. The molecule has 142 valence electrons. The molecule has 2 aromatic rings. The van der Waals surface area contributed by atoms with Gasteiger partial charge in [0.15, 0.2) is 0 Å². The average molecular weight is 368 g/mol. The van der Waals surface area contributed by atoms with Gasteiger partial charge in [-0.15, -0.1) is 0 Å². The van der Waals surface area contributed by atoms with Crippen LogP contribution in [-0.4, -0.2) is 35.2 Å². The number of carboxylic acids is 1. The molecule has 2 N–H and O–H groups in total. The topological polar surface area (TPSA) is 78.9 Å². The van der Waals surface area contributed by atoms with Gasteiger partial charge in [-0.25, -0.2) is 4.79 Å². The summed E-state index contributed by atoms with van der Waals surface area (Å²) in [6.45, 7) is 6.51. The second-order valence-electron chi connectivity index (χ2n) is 7.70. The minimum atomic E-state index is -1.01. The molecule has 0 spiro atoms. The van der Waals surface area contributed by atoms with Crippen LogP contribution < -0.4 is 15.0 Å². The third kappa shape index (κ3) is 4.58. The van der Waals surface area contributed by atoms with E-state index in [1.807, 2.05) is 56.0 Å². The molecule has 1 amide bonds. The summed E-state index contributed by atoms with van der Waals surface area (Å²) >= 11 is 0. The SMILES string of the molecule is CC(C)(C)NC(=O)c1ccc2c(c1)N(Cc1ccccc1)CC(C(=O)O)O2. The minimum Gasteiger partial charge on any atom is -0.478 e. The summed E-state index contributed by atoms with van der Waals surface area (Å²) in [4.78, 5) is 25.9. The fraction of sp³-hybridized carbons (Fsp3) is 0.333. The first kappa shape index (κ1) is 18.8. The highest BCUT2D eigenvalue weighted by Gasteiger charge is 2.31. The third-order valence-corrected chi connectivity index (χ3v) is 4.20. The molecule has 2 aromatic carbocycles. The van der Waals surface area contributed by atoms with Crippen LogP contribution in [0.5, 0.6) is 5.75 Å². The lowest BCUT2D eigenvalue weighted by Gasteiger charge is -2.35. The van der Waals surface area contributed by atoms with Crippen molar-refractivity contribution in [2.75, 3.05) is 11.4 Å². The highest BCUT2D eigenvalue weighted by atomic mass is 16.5. The van der Waals surface area contributed by atoms with E-state index in [0.717, 1.165) is 11.3 Å². The molecule has 1 heterocycles.